The van der Waals surface area contributed by atoms with Crippen molar-refractivity contribution in [3.05, 3.63) is 304 Å². The zero-order valence-electron chi connectivity index (χ0n) is 50.8. The van der Waals surface area contributed by atoms with Gasteiger partial charge in [0.1, 0.15) is 35.1 Å². The van der Waals surface area contributed by atoms with Crippen LogP contribution in [0.2, 0.25) is 5.02 Å². The number of carbonyl (C=O) groups excluding carboxylic acids is 7. The third kappa shape index (κ3) is 17.4. The highest BCUT2D eigenvalue weighted by atomic mass is 35.5. The monoisotopic (exact) mass is 1240 g/mol. The first-order chi connectivity index (χ1) is 43.9. The SMILES string of the molecule is C/C=C\CC/C=C/C(=O)N[C@@H](CC(=O)NC(c1ccccc1)(c1ccccc1)c1ccccc1)C(=O)N[C@H](C(=O)OCc1ccccc1)[C@H](OC(=O)[C@@H](NC(=O)OC(C)(C)C)c1ccc(O)c(Cl)c1)C(=O)NC(c1ccccc1)(c1ccccc1)c1ccccc1. The number of phenols is 1. The van der Waals surface area contributed by atoms with Crippen molar-refractivity contribution in [3.63, 3.8) is 0 Å². The van der Waals surface area contributed by atoms with Crippen LogP contribution in [0.5, 0.6) is 5.75 Å². The summed E-state index contributed by atoms with van der Waals surface area (Å²) in [5.41, 5.74) is -0.264. The highest BCUT2D eigenvalue weighted by Gasteiger charge is 2.48. The molecule has 16 nitrogen and oxygen atoms in total. The van der Waals surface area contributed by atoms with Gasteiger partial charge in [0.25, 0.3) is 5.91 Å². The number of nitrogens with one attached hydrogen (secondary N) is 5. The Morgan fingerprint density at radius 1 is 0.527 bits per heavy atom. The van der Waals surface area contributed by atoms with E-state index in [1.54, 1.807) is 148 Å². The van der Waals surface area contributed by atoms with Crippen molar-refractivity contribution in [1.29, 1.82) is 0 Å². The summed E-state index contributed by atoms with van der Waals surface area (Å²) in [5.74, 6) is -7.00. The van der Waals surface area contributed by atoms with E-state index in [-0.39, 0.29) is 16.3 Å². The molecule has 17 heteroatoms. The number of hydrogen-bond acceptors (Lipinski definition) is 11. The molecule has 8 rings (SSSR count). The van der Waals surface area contributed by atoms with Crippen molar-refractivity contribution in [2.75, 3.05) is 0 Å². The summed E-state index contributed by atoms with van der Waals surface area (Å²) < 4.78 is 17.9. The summed E-state index contributed by atoms with van der Waals surface area (Å²) in [6.07, 6.45) is 3.28. The minimum Gasteiger partial charge on any atom is -0.506 e. The van der Waals surface area contributed by atoms with Crippen molar-refractivity contribution in [2.24, 2.45) is 0 Å². The second kappa shape index (κ2) is 31.6. The first-order valence-electron chi connectivity index (χ1n) is 29.7. The number of ether oxygens (including phenoxy) is 3. The number of unbranched alkanes of at least 4 members (excludes halogenated alkanes) is 1. The maximum absolute atomic E-state index is 16.3. The second-order valence-electron chi connectivity index (χ2n) is 22.3. The summed E-state index contributed by atoms with van der Waals surface area (Å²) in [5, 5.41) is 24.5. The van der Waals surface area contributed by atoms with Gasteiger partial charge >= 0.3 is 18.0 Å². The molecule has 0 aliphatic heterocycles. The smallest absolute Gasteiger partial charge is 0.408 e. The molecule has 0 radical (unpaired) electrons. The standard InChI is InChI=1S/C74H72ClN5O11/c1-5-6-7-8-30-45-62(82)76-60(49-63(83)79-73(53-33-18-10-19-34-53,54-35-20-11-21-36-54)55-37-22-12-23-38-55)67(84)77-65(69(86)89-50-51-31-16-9-17-32-51)66(90-70(87)64(78-71(88)91-72(2,3)4)52-46-47-61(81)59(75)48-52)68(85)80-74(56-39-24-13-25-40-56,57-41-26-14-27-42-57)58-43-28-15-29-44-58/h5-6,9-48,60,64-66,81H,7-8,49-50H2,1-4H3,(H,76,82)(H,77,84)(H,78,88)(H,79,83)(H,80,85)/b6-5-,45-30+/t60-,64-,65-,66-/m0/s1. The Kier molecular flexibility index (Phi) is 23.0. The van der Waals surface area contributed by atoms with E-state index in [1.807, 2.05) is 110 Å². The Bertz CT molecular complexity index is 3600. The van der Waals surface area contributed by atoms with Crippen molar-refractivity contribution in [1.82, 2.24) is 26.6 Å². The van der Waals surface area contributed by atoms with Gasteiger partial charge < -0.3 is 45.9 Å². The number of carbonyl (C=O) groups is 7. The second-order valence-corrected chi connectivity index (χ2v) is 22.7. The maximum atomic E-state index is 16.3. The molecule has 0 aromatic heterocycles. The molecule has 0 saturated heterocycles. The number of benzene rings is 8. The number of rotatable bonds is 26. The third-order valence-corrected chi connectivity index (χ3v) is 15.0. The normalized spacial score (nSPS) is 12.9. The lowest BCUT2D eigenvalue weighted by molar-refractivity contribution is -0.168. The van der Waals surface area contributed by atoms with Gasteiger partial charge in [0.05, 0.1) is 11.4 Å². The lowest BCUT2D eigenvalue weighted by atomic mass is 9.76. The molecule has 0 aliphatic carbocycles. The molecule has 0 heterocycles. The third-order valence-electron chi connectivity index (χ3n) is 14.7. The molecular formula is C74H72ClN5O11. The van der Waals surface area contributed by atoms with Gasteiger partial charge in [-0.25, -0.2) is 14.4 Å². The summed E-state index contributed by atoms with van der Waals surface area (Å²) in [7, 11) is 0. The molecule has 5 amide bonds. The number of amides is 5. The molecule has 0 saturated carbocycles. The number of aromatic hydroxyl groups is 1. The van der Waals surface area contributed by atoms with Crippen molar-refractivity contribution >= 4 is 53.3 Å². The van der Waals surface area contributed by atoms with Crippen LogP contribution in [0, 0.1) is 0 Å². The van der Waals surface area contributed by atoms with Gasteiger partial charge in [-0.15, -0.1) is 0 Å². The van der Waals surface area contributed by atoms with Crippen LogP contribution in [0.25, 0.3) is 0 Å². The summed E-state index contributed by atoms with van der Waals surface area (Å²) >= 11 is 6.44. The van der Waals surface area contributed by atoms with E-state index in [1.165, 1.54) is 24.3 Å². The molecule has 466 valence electrons. The molecule has 0 spiro atoms. The predicted octanol–water partition coefficient (Wildman–Crippen LogP) is 11.8. The molecule has 0 aliphatic rings. The number of halogens is 1. The van der Waals surface area contributed by atoms with Crippen LogP contribution in [0.15, 0.2) is 255 Å². The minimum atomic E-state index is -2.45. The fourth-order valence-corrected chi connectivity index (χ4v) is 10.6. The quantitative estimate of drug-likeness (QED) is 0.00746. The fraction of sp³-hybridized carbons (Fsp3) is 0.203. The number of hydrogen-bond donors (Lipinski definition) is 6. The molecular weight excluding hydrogens is 1170 g/mol. The molecule has 4 atom stereocenters. The van der Waals surface area contributed by atoms with Crippen LogP contribution in [-0.4, -0.2) is 70.6 Å². The van der Waals surface area contributed by atoms with E-state index < -0.39 is 95.6 Å². The van der Waals surface area contributed by atoms with Crippen LogP contribution >= 0.6 is 11.6 Å². The number of allylic oxidation sites excluding steroid dienone is 3. The Balaban J connectivity index is 1.30. The molecule has 8 aromatic carbocycles. The molecule has 8 aromatic rings. The number of alkyl carbamates (subject to hydrolysis) is 1. The molecule has 0 bridgehead atoms. The van der Waals surface area contributed by atoms with Crippen LogP contribution < -0.4 is 26.6 Å². The van der Waals surface area contributed by atoms with Gasteiger partial charge in [-0.05, 0) is 103 Å². The Hall–Kier alpha value is -10.6. The Labute approximate surface area is 534 Å². The Morgan fingerprint density at radius 3 is 1.41 bits per heavy atom. The summed E-state index contributed by atoms with van der Waals surface area (Å²) in [6, 6.07) is 60.4. The van der Waals surface area contributed by atoms with Gasteiger partial charge in [0.15, 0.2) is 12.1 Å². The lowest BCUT2D eigenvalue weighted by Gasteiger charge is -2.39. The summed E-state index contributed by atoms with van der Waals surface area (Å²) in [4.78, 5) is 106. The van der Waals surface area contributed by atoms with Gasteiger partial charge in [-0.3, -0.25) is 19.2 Å². The summed E-state index contributed by atoms with van der Waals surface area (Å²) in [6.45, 7) is 6.22. The van der Waals surface area contributed by atoms with E-state index >= 15 is 24.0 Å². The van der Waals surface area contributed by atoms with E-state index in [2.05, 4.69) is 26.6 Å². The molecule has 0 fully saturated rings. The first kappa shape index (κ1) is 66.4. The lowest BCUT2D eigenvalue weighted by Crippen LogP contribution is -2.62. The largest absolute Gasteiger partial charge is 0.506 e. The topological polar surface area (TPSA) is 228 Å². The van der Waals surface area contributed by atoms with Gasteiger partial charge in [0.2, 0.25) is 23.8 Å². The predicted molar refractivity (Wildman–Crippen MR) is 348 cm³/mol. The highest BCUT2D eigenvalue weighted by molar-refractivity contribution is 6.32. The minimum absolute atomic E-state index is 0.0672. The molecule has 91 heavy (non-hydrogen) atoms. The Morgan fingerprint density at radius 2 is 0.967 bits per heavy atom. The van der Waals surface area contributed by atoms with E-state index in [0.717, 1.165) is 0 Å². The van der Waals surface area contributed by atoms with E-state index in [0.29, 0.717) is 51.8 Å². The number of esters is 2. The fourth-order valence-electron chi connectivity index (χ4n) is 10.4. The zero-order valence-corrected chi connectivity index (χ0v) is 51.6. The van der Waals surface area contributed by atoms with Crippen molar-refractivity contribution < 1.29 is 52.9 Å². The van der Waals surface area contributed by atoms with Gasteiger partial charge in [0, 0.05) is 0 Å². The van der Waals surface area contributed by atoms with E-state index in [9.17, 15) is 14.7 Å². The van der Waals surface area contributed by atoms with E-state index in [4.69, 9.17) is 25.8 Å². The first-order valence-corrected chi connectivity index (χ1v) is 30.0. The zero-order chi connectivity index (χ0) is 64.8. The molecule has 0 unspecified atom stereocenters. The van der Waals surface area contributed by atoms with Crippen molar-refractivity contribution in [3.8, 4) is 5.75 Å². The average Bonchev–Trinajstić information content (AvgIpc) is 0.796. The molecule has 6 N–H and O–H groups in total. The van der Waals surface area contributed by atoms with Crippen LogP contribution in [-0.2, 0) is 60.7 Å². The highest BCUT2D eigenvalue weighted by Crippen LogP contribution is 2.39. The van der Waals surface area contributed by atoms with Gasteiger partial charge in [-0.1, -0.05) is 248 Å². The number of phenolic OH excluding ortho intramolecular Hbond substituents is 1. The van der Waals surface area contributed by atoms with Crippen LogP contribution in [0.4, 0.5) is 4.79 Å². The van der Waals surface area contributed by atoms with Crippen LogP contribution in [0.3, 0.4) is 0 Å². The van der Waals surface area contributed by atoms with Gasteiger partial charge in [-0.2, -0.15) is 0 Å². The maximum Gasteiger partial charge on any atom is 0.408 e. The average molecular weight is 1240 g/mol. The van der Waals surface area contributed by atoms with Crippen molar-refractivity contribution in [2.45, 2.75) is 94.5 Å². The van der Waals surface area contributed by atoms with Crippen LogP contribution in [0.1, 0.15) is 97.5 Å².